The predicted molar refractivity (Wildman–Crippen MR) is 79.5 cm³/mol. The highest BCUT2D eigenvalue weighted by atomic mass is 16.2. The van der Waals surface area contributed by atoms with Crippen LogP contribution in [-0.2, 0) is 18.9 Å². The number of amides is 3. The maximum Gasteiger partial charge on any atom is 0.330 e. The van der Waals surface area contributed by atoms with Crippen molar-refractivity contribution in [3.8, 4) is 0 Å². The Morgan fingerprint density at radius 1 is 0.909 bits per heavy atom. The first kappa shape index (κ1) is 16.0. The molecular weight excluding hydrogens is 288 g/mol. The van der Waals surface area contributed by atoms with E-state index >= 15 is 0 Å². The first-order valence-corrected chi connectivity index (χ1v) is 6.92. The van der Waals surface area contributed by atoms with Crippen LogP contribution >= 0.6 is 0 Å². The number of hydrogen-bond donors (Lipinski definition) is 0. The normalized spacial score (nSPS) is 22.5. The summed E-state index contributed by atoms with van der Waals surface area (Å²) in [4.78, 5) is 51.2. The molecule has 1 aliphatic rings. The van der Waals surface area contributed by atoms with Gasteiger partial charge in [-0.2, -0.15) is 0 Å². The van der Waals surface area contributed by atoms with E-state index in [4.69, 9.17) is 0 Å². The lowest BCUT2D eigenvalue weighted by atomic mass is 9.91. The van der Waals surface area contributed by atoms with E-state index in [2.05, 4.69) is 0 Å². The number of rotatable bonds is 1. The molecule has 120 valence electrons. The van der Waals surface area contributed by atoms with Crippen molar-refractivity contribution in [1.82, 2.24) is 18.9 Å². The minimum atomic E-state index is -0.650. The Morgan fingerprint density at radius 2 is 1.45 bits per heavy atom. The van der Waals surface area contributed by atoms with Crippen LogP contribution in [0.15, 0.2) is 9.59 Å². The van der Waals surface area contributed by atoms with Crippen LogP contribution in [0.5, 0.6) is 0 Å². The molecule has 2 atom stereocenters. The highest BCUT2D eigenvalue weighted by Gasteiger charge is 2.43. The highest BCUT2D eigenvalue weighted by Crippen LogP contribution is 2.33. The van der Waals surface area contributed by atoms with Crippen LogP contribution in [0.3, 0.4) is 0 Å². The monoisotopic (exact) mass is 308 g/mol. The molecule has 1 aromatic heterocycles. The maximum atomic E-state index is 12.2. The van der Waals surface area contributed by atoms with Crippen LogP contribution < -0.4 is 11.2 Å². The molecule has 0 aliphatic carbocycles. The van der Waals surface area contributed by atoms with Gasteiger partial charge in [-0.05, 0) is 6.92 Å². The summed E-state index contributed by atoms with van der Waals surface area (Å²) in [6.45, 7) is 3.29. The summed E-state index contributed by atoms with van der Waals surface area (Å²) in [7, 11) is 5.93. The van der Waals surface area contributed by atoms with Gasteiger partial charge in [-0.1, -0.05) is 6.92 Å². The quantitative estimate of drug-likeness (QED) is 0.706. The molecule has 8 heteroatoms. The van der Waals surface area contributed by atoms with E-state index in [0.29, 0.717) is 11.3 Å². The summed E-state index contributed by atoms with van der Waals surface area (Å²) >= 11 is 0. The molecule has 1 saturated heterocycles. The lowest BCUT2D eigenvalue weighted by Crippen LogP contribution is -2.56. The highest BCUT2D eigenvalue weighted by molar-refractivity contribution is 5.98. The molecule has 0 saturated carbocycles. The lowest BCUT2D eigenvalue weighted by molar-refractivity contribution is -0.136. The van der Waals surface area contributed by atoms with Gasteiger partial charge in [0.25, 0.3) is 5.56 Å². The van der Waals surface area contributed by atoms with E-state index in [1.165, 1.54) is 30.6 Å². The number of nitrogens with zero attached hydrogens (tertiary/aromatic N) is 4. The minimum absolute atomic E-state index is 0.333. The second-order valence-corrected chi connectivity index (χ2v) is 5.74. The zero-order chi connectivity index (χ0) is 16.9. The molecule has 22 heavy (non-hydrogen) atoms. The minimum Gasteiger partial charge on any atom is -0.318 e. The predicted octanol–water partition coefficient (Wildman–Crippen LogP) is -0.407. The molecule has 0 N–H and O–H groups in total. The number of carbonyl (C=O) groups excluding carboxylic acids is 2. The number of carbonyl (C=O) groups is 2. The smallest absolute Gasteiger partial charge is 0.318 e. The molecule has 0 radical (unpaired) electrons. The third-order valence-corrected chi connectivity index (χ3v) is 4.42. The molecule has 0 bridgehead atoms. The maximum absolute atomic E-state index is 12.2. The van der Waals surface area contributed by atoms with E-state index in [-0.39, 0.29) is 5.91 Å². The summed E-state index contributed by atoms with van der Waals surface area (Å²) in [6, 6.07) is -1.11. The van der Waals surface area contributed by atoms with Gasteiger partial charge in [0.05, 0.1) is 17.7 Å². The van der Waals surface area contributed by atoms with Gasteiger partial charge in [-0.3, -0.25) is 23.6 Å². The Kier molecular flexibility index (Phi) is 3.72. The molecule has 2 rings (SSSR count). The fourth-order valence-electron chi connectivity index (χ4n) is 3.09. The molecular formula is C14H20N4O4. The van der Waals surface area contributed by atoms with Gasteiger partial charge in [0.2, 0.25) is 5.91 Å². The van der Waals surface area contributed by atoms with Crippen molar-refractivity contribution >= 4 is 11.9 Å². The average molecular weight is 308 g/mol. The summed E-state index contributed by atoms with van der Waals surface area (Å²) in [6.07, 6.45) is 0. The van der Waals surface area contributed by atoms with Crippen LogP contribution in [0, 0.1) is 12.8 Å². The van der Waals surface area contributed by atoms with E-state index in [0.717, 1.165) is 9.47 Å². The topological polar surface area (TPSA) is 84.6 Å². The van der Waals surface area contributed by atoms with Gasteiger partial charge in [0, 0.05) is 33.8 Å². The van der Waals surface area contributed by atoms with Crippen LogP contribution in [0.1, 0.15) is 24.2 Å². The Bertz CT molecular complexity index is 717. The molecule has 8 nitrogen and oxygen atoms in total. The molecule has 3 amide bonds. The average Bonchev–Trinajstić information content (AvgIpc) is 2.50. The van der Waals surface area contributed by atoms with Gasteiger partial charge in [0.1, 0.15) is 0 Å². The third kappa shape index (κ3) is 1.98. The molecule has 2 heterocycles. The van der Waals surface area contributed by atoms with Gasteiger partial charge in [-0.25, -0.2) is 9.59 Å². The van der Waals surface area contributed by atoms with Crippen LogP contribution in [0.25, 0.3) is 0 Å². The van der Waals surface area contributed by atoms with E-state index in [1.54, 1.807) is 20.9 Å². The van der Waals surface area contributed by atoms with Crippen molar-refractivity contribution in [1.29, 1.82) is 0 Å². The zero-order valence-electron chi connectivity index (χ0n) is 13.6. The Hall–Kier alpha value is -2.38. The molecule has 0 spiro atoms. The van der Waals surface area contributed by atoms with E-state index < -0.39 is 29.2 Å². The SMILES string of the molecule is Cc1c([C@@H]2[C@H](C)C(=O)N(C)C(=O)N2C)n(C)c(=O)n(C)c1=O. The molecule has 1 aromatic rings. The first-order valence-electron chi connectivity index (χ1n) is 6.92. The zero-order valence-corrected chi connectivity index (χ0v) is 13.6. The van der Waals surface area contributed by atoms with Gasteiger partial charge in [0.15, 0.2) is 0 Å². The molecule has 1 aliphatic heterocycles. The number of hydrogen-bond acceptors (Lipinski definition) is 4. The van der Waals surface area contributed by atoms with Crippen LogP contribution in [0.4, 0.5) is 4.79 Å². The number of urea groups is 1. The Balaban J connectivity index is 2.76. The summed E-state index contributed by atoms with van der Waals surface area (Å²) < 4.78 is 2.35. The van der Waals surface area contributed by atoms with Gasteiger partial charge < -0.3 is 4.90 Å². The lowest BCUT2D eigenvalue weighted by Gasteiger charge is -2.41. The Morgan fingerprint density at radius 3 is 2.00 bits per heavy atom. The van der Waals surface area contributed by atoms with Gasteiger partial charge >= 0.3 is 11.7 Å². The van der Waals surface area contributed by atoms with Crippen molar-refractivity contribution in [3.05, 3.63) is 32.1 Å². The molecule has 0 unspecified atom stereocenters. The van der Waals surface area contributed by atoms with Crippen LogP contribution in [0.2, 0.25) is 0 Å². The van der Waals surface area contributed by atoms with Crippen molar-refractivity contribution in [2.75, 3.05) is 14.1 Å². The summed E-state index contributed by atoms with van der Waals surface area (Å²) in [5.74, 6) is -0.885. The van der Waals surface area contributed by atoms with E-state index in [9.17, 15) is 19.2 Å². The number of imide groups is 1. The second-order valence-electron chi connectivity index (χ2n) is 5.74. The Labute approximate surface area is 127 Å². The van der Waals surface area contributed by atoms with Gasteiger partial charge in [-0.15, -0.1) is 0 Å². The number of aromatic nitrogens is 2. The third-order valence-electron chi connectivity index (χ3n) is 4.42. The van der Waals surface area contributed by atoms with Crippen molar-refractivity contribution in [2.24, 2.45) is 20.0 Å². The fourth-order valence-corrected chi connectivity index (χ4v) is 3.09. The van der Waals surface area contributed by atoms with Crippen molar-refractivity contribution in [2.45, 2.75) is 19.9 Å². The molecule has 1 fully saturated rings. The van der Waals surface area contributed by atoms with Crippen molar-refractivity contribution in [3.63, 3.8) is 0 Å². The fraction of sp³-hybridized carbons (Fsp3) is 0.571. The largest absolute Gasteiger partial charge is 0.330 e. The van der Waals surface area contributed by atoms with Crippen LogP contribution in [-0.4, -0.2) is 45.0 Å². The second kappa shape index (κ2) is 5.11. The first-order chi connectivity index (χ1) is 10.1. The summed E-state index contributed by atoms with van der Waals surface area (Å²) in [5, 5.41) is 0. The molecule has 0 aromatic carbocycles. The van der Waals surface area contributed by atoms with Crippen molar-refractivity contribution < 1.29 is 9.59 Å². The standard InChI is InChI=1S/C14H20N4O4/c1-7-9(15(3)13(21)17(5)11(7)19)10-8(2)12(20)18(6)14(22)16(10)4/h7,9H,1-6H3/t7-,9-/m0/s1. The van der Waals surface area contributed by atoms with E-state index in [1.807, 2.05) is 0 Å². The summed E-state index contributed by atoms with van der Waals surface area (Å²) in [5.41, 5.74) is -0.140.